The third-order valence-corrected chi connectivity index (χ3v) is 1.88. The van der Waals surface area contributed by atoms with Gasteiger partial charge in [0.15, 0.2) is 0 Å². The van der Waals surface area contributed by atoms with Gasteiger partial charge in [-0.1, -0.05) is 11.6 Å². The molecular weight excluding hydrogens is 214 g/mol. The van der Waals surface area contributed by atoms with Crippen LogP contribution in [-0.2, 0) is 0 Å². The molecule has 0 aliphatic carbocycles. The van der Waals surface area contributed by atoms with Gasteiger partial charge in [0.2, 0.25) is 0 Å². The lowest BCUT2D eigenvalue weighted by atomic mass is 10.1. The molecule has 0 aliphatic heterocycles. The molecule has 0 radical (unpaired) electrons. The molecule has 0 spiro atoms. The maximum atomic E-state index is 9.47. The highest BCUT2D eigenvalue weighted by molar-refractivity contribution is 6.30. The van der Waals surface area contributed by atoms with Crippen LogP contribution in [0.3, 0.4) is 0 Å². The number of hydrogen-bond donors (Lipinski definition) is 1. The summed E-state index contributed by atoms with van der Waals surface area (Å²) >= 11 is 5.77. The van der Waals surface area contributed by atoms with Crippen LogP contribution in [-0.4, -0.2) is 17.3 Å². The summed E-state index contributed by atoms with van der Waals surface area (Å²) in [6, 6.07) is 6.76. The quantitative estimate of drug-likeness (QED) is 0.859. The molecule has 15 heavy (non-hydrogen) atoms. The lowest BCUT2D eigenvalue weighted by Crippen LogP contribution is -2.28. The Morgan fingerprint density at radius 3 is 2.73 bits per heavy atom. The minimum Gasteiger partial charge on any atom is -0.489 e. The molecule has 0 saturated carbocycles. The first kappa shape index (κ1) is 11.8. The number of hydrogen-bond acceptors (Lipinski definition) is 3. The van der Waals surface area contributed by atoms with Gasteiger partial charge in [0.25, 0.3) is 0 Å². The molecule has 0 aromatic heterocycles. The Morgan fingerprint density at radius 2 is 2.20 bits per heavy atom. The summed E-state index contributed by atoms with van der Waals surface area (Å²) in [4.78, 5) is 0. The van der Waals surface area contributed by atoms with Crippen LogP contribution in [0.1, 0.15) is 19.4 Å². The van der Waals surface area contributed by atoms with Crippen LogP contribution in [0.15, 0.2) is 18.2 Å². The molecule has 1 N–H and O–H groups in total. The van der Waals surface area contributed by atoms with Crippen molar-refractivity contribution in [2.75, 3.05) is 6.61 Å². The molecular formula is C11H12ClNO2. The van der Waals surface area contributed by atoms with Crippen LogP contribution in [0, 0.1) is 11.3 Å². The molecule has 0 heterocycles. The summed E-state index contributed by atoms with van der Waals surface area (Å²) in [7, 11) is 0. The van der Waals surface area contributed by atoms with Gasteiger partial charge in [-0.15, -0.1) is 0 Å². The summed E-state index contributed by atoms with van der Waals surface area (Å²) < 4.78 is 5.32. The van der Waals surface area contributed by atoms with Gasteiger partial charge >= 0.3 is 0 Å². The Kier molecular flexibility index (Phi) is 3.57. The first-order valence-electron chi connectivity index (χ1n) is 4.47. The van der Waals surface area contributed by atoms with Crippen LogP contribution in [0.2, 0.25) is 5.02 Å². The van der Waals surface area contributed by atoms with Gasteiger partial charge in [-0.25, -0.2) is 0 Å². The molecule has 0 unspecified atom stereocenters. The van der Waals surface area contributed by atoms with E-state index in [-0.39, 0.29) is 6.61 Å². The molecule has 0 atom stereocenters. The number of nitrogens with zero attached hydrogens (tertiary/aromatic N) is 1. The number of ether oxygens (including phenoxy) is 1. The van der Waals surface area contributed by atoms with Gasteiger partial charge < -0.3 is 9.84 Å². The van der Waals surface area contributed by atoms with E-state index in [0.717, 1.165) is 0 Å². The Bertz CT molecular complexity index is 391. The van der Waals surface area contributed by atoms with E-state index in [4.69, 9.17) is 21.6 Å². The van der Waals surface area contributed by atoms with Gasteiger partial charge in [-0.05, 0) is 26.0 Å². The van der Waals surface area contributed by atoms with Crippen LogP contribution >= 0.6 is 11.6 Å². The van der Waals surface area contributed by atoms with E-state index in [1.165, 1.54) is 0 Å². The van der Waals surface area contributed by atoms with Gasteiger partial charge in [0, 0.05) is 11.1 Å². The third kappa shape index (κ3) is 3.78. The van der Waals surface area contributed by atoms with Gasteiger partial charge in [-0.3, -0.25) is 0 Å². The van der Waals surface area contributed by atoms with Crippen molar-refractivity contribution in [2.24, 2.45) is 0 Å². The zero-order valence-corrected chi connectivity index (χ0v) is 9.38. The van der Waals surface area contributed by atoms with Gasteiger partial charge in [0.1, 0.15) is 18.4 Å². The van der Waals surface area contributed by atoms with E-state index < -0.39 is 5.60 Å². The zero-order chi connectivity index (χ0) is 11.5. The summed E-state index contributed by atoms with van der Waals surface area (Å²) in [6.07, 6.45) is 0. The minimum atomic E-state index is -0.935. The van der Waals surface area contributed by atoms with E-state index in [2.05, 4.69) is 0 Å². The molecule has 3 nitrogen and oxygen atoms in total. The van der Waals surface area contributed by atoms with E-state index in [9.17, 15) is 5.11 Å². The first-order chi connectivity index (χ1) is 6.92. The summed E-state index contributed by atoms with van der Waals surface area (Å²) in [5.74, 6) is 0.395. The molecule has 0 bridgehead atoms. The second-order valence-electron chi connectivity index (χ2n) is 3.85. The normalized spacial score (nSPS) is 10.9. The molecule has 1 aromatic carbocycles. The van der Waals surface area contributed by atoms with Crippen molar-refractivity contribution in [3.63, 3.8) is 0 Å². The van der Waals surface area contributed by atoms with Crippen LogP contribution in [0.25, 0.3) is 0 Å². The second-order valence-corrected chi connectivity index (χ2v) is 4.29. The number of benzene rings is 1. The summed E-state index contributed by atoms with van der Waals surface area (Å²) in [6.45, 7) is 3.37. The fraction of sp³-hybridized carbons (Fsp3) is 0.364. The Labute approximate surface area is 93.9 Å². The standard InChI is InChI=1S/C11H12ClNO2/c1-11(2,14)7-15-10-5-9(12)4-3-8(10)6-13/h3-5,14H,7H2,1-2H3. The second kappa shape index (κ2) is 4.52. The lowest BCUT2D eigenvalue weighted by molar-refractivity contribution is 0.0284. The smallest absolute Gasteiger partial charge is 0.138 e. The van der Waals surface area contributed by atoms with Crippen LogP contribution < -0.4 is 4.74 Å². The number of nitriles is 1. The Morgan fingerprint density at radius 1 is 1.53 bits per heavy atom. The van der Waals surface area contributed by atoms with Crippen molar-refractivity contribution < 1.29 is 9.84 Å². The van der Waals surface area contributed by atoms with Crippen LogP contribution in [0.4, 0.5) is 0 Å². The van der Waals surface area contributed by atoms with Gasteiger partial charge in [-0.2, -0.15) is 5.26 Å². The topological polar surface area (TPSA) is 53.2 Å². The van der Waals surface area contributed by atoms with E-state index in [1.807, 2.05) is 6.07 Å². The average molecular weight is 226 g/mol. The van der Waals surface area contributed by atoms with Crippen molar-refractivity contribution in [1.29, 1.82) is 5.26 Å². The molecule has 4 heteroatoms. The highest BCUT2D eigenvalue weighted by atomic mass is 35.5. The predicted molar refractivity (Wildman–Crippen MR) is 58.0 cm³/mol. The fourth-order valence-corrected chi connectivity index (χ4v) is 1.12. The number of aliphatic hydroxyl groups is 1. The molecule has 0 amide bonds. The Balaban J connectivity index is 2.85. The van der Waals surface area contributed by atoms with E-state index >= 15 is 0 Å². The van der Waals surface area contributed by atoms with E-state index in [1.54, 1.807) is 32.0 Å². The largest absolute Gasteiger partial charge is 0.489 e. The van der Waals surface area contributed by atoms with Crippen molar-refractivity contribution in [1.82, 2.24) is 0 Å². The van der Waals surface area contributed by atoms with Crippen molar-refractivity contribution in [3.8, 4) is 11.8 Å². The SMILES string of the molecule is CC(C)(O)COc1cc(Cl)ccc1C#N. The molecule has 1 rings (SSSR count). The number of halogens is 1. The monoisotopic (exact) mass is 225 g/mol. The van der Waals surface area contributed by atoms with E-state index in [0.29, 0.717) is 16.3 Å². The number of rotatable bonds is 3. The molecule has 0 fully saturated rings. The fourth-order valence-electron chi connectivity index (χ4n) is 0.962. The third-order valence-electron chi connectivity index (χ3n) is 1.65. The molecule has 80 valence electrons. The Hall–Kier alpha value is -1.24. The predicted octanol–water partition coefficient (Wildman–Crippen LogP) is 2.36. The van der Waals surface area contributed by atoms with Crippen LogP contribution in [0.5, 0.6) is 5.75 Å². The molecule has 0 saturated heterocycles. The highest BCUT2D eigenvalue weighted by Gasteiger charge is 2.14. The molecule has 1 aromatic rings. The maximum absolute atomic E-state index is 9.47. The maximum Gasteiger partial charge on any atom is 0.138 e. The highest BCUT2D eigenvalue weighted by Crippen LogP contribution is 2.23. The van der Waals surface area contributed by atoms with Crippen molar-refractivity contribution in [2.45, 2.75) is 19.4 Å². The average Bonchev–Trinajstić information content (AvgIpc) is 2.14. The summed E-state index contributed by atoms with van der Waals surface area (Å²) in [5, 5.41) is 18.8. The minimum absolute atomic E-state index is 0.113. The van der Waals surface area contributed by atoms with Crippen molar-refractivity contribution >= 4 is 11.6 Å². The van der Waals surface area contributed by atoms with Crippen molar-refractivity contribution in [3.05, 3.63) is 28.8 Å². The first-order valence-corrected chi connectivity index (χ1v) is 4.85. The zero-order valence-electron chi connectivity index (χ0n) is 8.62. The van der Waals surface area contributed by atoms with Gasteiger partial charge in [0.05, 0.1) is 11.2 Å². The summed E-state index contributed by atoms with van der Waals surface area (Å²) in [5.41, 5.74) is -0.529. The molecule has 0 aliphatic rings. The lowest BCUT2D eigenvalue weighted by Gasteiger charge is -2.18.